The van der Waals surface area contributed by atoms with Crippen molar-refractivity contribution in [1.29, 1.82) is 5.26 Å². The van der Waals surface area contributed by atoms with E-state index in [1.165, 1.54) is 19.3 Å². The Morgan fingerprint density at radius 2 is 0.932 bits per heavy atom. The number of nitrogens with zero attached hydrogens (tertiary/aromatic N) is 1. The van der Waals surface area contributed by atoms with Crippen LogP contribution in [-0.2, 0) is 33.3 Å². The Bertz CT molecular complexity index is 1210. The van der Waals surface area contributed by atoms with Gasteiger partial charge in [0.2, 0.25) is 17.7 Å². The van der Waals surface area contributed by atoms with Crippen LogP contribution in [0.2, 0.25) is 0 Å². The molecule has 0 heterocycles. The van der Waals surface area contributed by atoms with E-state index in [2.05, 4.69) is 28.9 Å². The Hall–Kier alpha value is -2.26. The number of ether oxygens (including phenoxy) is 4. The Labute approximate surface area is 364 Å². The highest BCUT2D eigenvalue weighted by Crippen LogP contribution is 2.27. The fraction of sp³-hybridized carbons (Fsp3) is 0.917. The molecule has 0 aliphatic rings. The van der Waals surface area contributed by atoms with Gasteiger partial charge in [-0.3, -0.25) is 14.4 Å². The topological polar surface area (TPSA) is 148 Å². The molecule has 0 radical (unpaired) electrons. The van der Waals surface area contributed by atoms with Gasteiger partial charge in [-0.05, 0) is 136 Å². The van der Waals surface area contributed by atoms with Gasteiger partial charge in [0.25, 0.3) is 0 Å². The third kappa shape index (κ3) is 38.4. The van der Waals surface area contributed by atoms with Gasteiger partial charge in [0.05, 0.1) is 58.3 Å². The van der Waals surface area contributed by atoms with E-state index in [4.69, 9.17) is 24.2 Å². The van der Waals surface area contributed by atoms with E-state index in [-0.39, 0.29) is 63.2 Å². The first kappa shape index (κ1) is 61.0. The van der Waals surface area contributed by atoms with Gasteiger partial charge >= 0.3 is 0 Å². The molecule has 1 atom stereocenters. The van der Waals surface area contributed by atoms with Crippen molar-refractivity contribution in [2.75, 3.05) is 32.8 Å². The lowest BCUT2D eigenvalue weighted by Crippen LogP contribution is -2.42. The second-order valence-corrected chi connectivity index (χ2v) is 21.4. The zero-order valence-corrected chi connectivity index (χ0v) is 42.4. The van der Waals surface area contributed by atoms with Gasteiger partial charge in [0.15, 0.2) is 0 Å². The molecule has 3 amide bonds. The molecular weight excluding hydrogens is 745 g/mol. The fourth-order valence-electron chi connectivity index (χ4n) is 5.55. The minimum atomic E-state index is -0.418. The number of hydrogen-bond donors (Lipinski definition) is 3. The molecular formula is C48H96N4O7. The molecule has 11 nitrogen and oxygen atoms in total. The van der Waals surface area contributed by atoms with Crippen molar-refractivity contribution in [1.82, 2.24) is 16.0 Å². The first-order chi connectivity index (χ1) is 26.6. The number of carbonyl (C=O) groups is 3. The maximum atomic E-state index is 12.0. The lowest BCUT2D eigenvalue weighted by molar-refractivity contribution is -0.167. The second-order valence-electron chi connectivity index (χ2n) is 21.4. The van der Waals surface area contributed by atoms with Gasteiger partial charge in [-0.1, -0.05) is 60.8 Å². The molecule has 3 N–H and O–H groups in total. The number of rotatable bonds is 25. The molecule has 0 bridgehead atoms. The van der Waals surface area contributed by atoms with Crippen LogP contribution in [0.5, 0.6) is 0 Å². The van der Waals surface area contributed by atoms with Crippen molar-refractivity contribution in [3.63, 3.8) is 0 Å². The molecule has 0 aliphatic heterocycles. The van der Waals surface area contributed by atoms with E-state index in [0.717, 1.165) is 25.8 Å². The summed E-state index contributed by atoms with van der Waals surface area (Å²) in [4.78, 5) is 34.6. The molecule has 11 heteroatoms. The average Bonchev–Trinajstić information content (AvgIpc) is 3.07. The van der Waals surface area contributed by atoms with E-state index in [1.54, 1.807) is 0 Å². The Morgan fingerprint density at radius 1 is 0.542 bits per heavy atom. The number of carbonyl (C=O) groups excluding carboxylic acids is 3. The molecule has 350 valence electrons. The van der Waals surface area contributed by atoms with Crippen LogP contribution < -0.4 is 16.0 Å². The number of hydrogen-bond acceptors (Lipinski definition) is 8. The van der Waals surface area contributed by atoms with Crippen molar-refractivity contribution in [3.8, 4) is 6.07 Å². The summed E-state index contributed by atoms with van der Waals surface area (Å²) in [6.07, 6.45) is 8.08. The molecule has 0 aliphatic carbocycles. The lowest BCUT2D eigenvalue weighted by Gasteiger charge is -2.36. The van der Waals surface area contributed by atoms with E-state index in [0.29, 0.717) is 45.6 Å². The molecule has 0 rings (SSSR count). The number of unbranched alkanes of at least 4 members (excludes halogenated alkanes) is 3. The highest BCUT2D eigenvalue weighted by molar-refractivity contribution is 5.78. The third-order valence-corrected chi connectivity index (χ3v) is 9.19. The summed E-state index contributed by atoms with van der Waals surface area (Å²) in [7, 11) is 0. The van der Waals surface area contributed by atoms with Gasteiger partial charge in [-0.25, -0.2) is 0 Å². The maximum absolute atomic E-state index is 12.0. The van der Waals surface area contributed by atoms with Crippen LogP contribution in [0.3, 0.4) is 0 Å². The minimum Gasteiger partial charge on any atom is -0.373 e. The fourth-order valence-corrected chi connectivity index (χ4v) is 5.55. The summed E-state index contributed by atoms with van der Waals surface area (Å²) in [6.45, 7) is 45.2. The van der Waals surface area contributed by atoms with E-state index in [1.807, 2.05) is 138 Å². The molecule has 0 saturated carbocycles. The van der Waals surface area contributed by atoms with E-state index >= 15 is 0 Å². The Kier molecular flexibility index (Phi) is 29.3. The number of nitriles is 1. The Balaban J connectivity index is -0.000000850. The van der Waals surface area contributed by atoms with Crippen LogP contribution in [0.4, 0.5) is 0 Å². The summed E-state index contributed by atoms with van der Waals surface area (Å²) < 4.78 is 24.1. The van der Waals surface area contributed by atoms with Crippen LogP contribution in [0.1, 0.15) is 203 Å². The van der Waals surface area contributed by atoms with Gasteiger partial charge < -0.3 is 34.9 Å². The zero-order valence-electron chi connectivity index (χ0n) is 42.4. The van der Waals surface area contributed by atoms with E-state index < -0.39 is 5.41 Å². The monoisotopic (exact) mass is 841 g/mol. The normalized spacial score (nSPS) is 13.7. The van der Waals surface area contributed by atoms with Crippen molar-refractivity contribution in [3.05, 3.63) is 0 Å². The summed E-state index contributed by atoms with van der Waals surface area (Å²) in [5.74, 6) is 0.394. The van der Waals surface area contributed by atoms with Gasteiger partial charge in [-0.15, -0.1) is 0 Å². The summed E-state index contributed by atoms with van der Waals surface area (Å²) in [5, 5.41) is 17.9. The molecule has 59 heavy (non-hydrogen) atoms. The van der Waals surface area contributed by atoms with Gasteiger partial charge in [-0.2, -0.15) is 5.26 Å². The first-order valence-corrected chi connectivity index (χ1v) is 22.5. The second kappa shape index (κ2) is 28.4. The number of nitrogens with one attached hydrogen (secondary N) is 3. The molecule has 0 aromatic heterocycles. The van der Waals surface area contributed by atoms with Crippen LogP contribution in [0.25, 0.3) is 0 Å². The highest BCUT2D eigenvalue weighted by Gasteiger charge is 2.31. The zero-order chi connectivity index (χ0) is 46.9. The van der Waals surface area contributed by atoms with Crippen molar-refractivity contribution in [2.45, 2.75) is 237 Å². The largest absolute Gasteiger partial charge is 0.373 e. The van der Waals surface area contributed by atoms with E-state index in [9.17, 15) is 14.4 Å². The molecule has 1 unspecified atom stereocenters. The van der Waals surface area contributed by atoms with Crippen molar-refractivity contribution >= 4 is 17.7 Å². The van der Waals surface area contributed by atoms with Gasteiger partial charge in [0.1, 0.15) is 0 Å². The average molecular weight is 841 g/mol. The standard InChI is InChI=1S/C21H40N2O3.C17H35NO3.C10H21NO/c1-10-21(9,15-22)12-11-17(24)23-14-13-19(5,6)25-16-20(7,8)26-18(2,3)4;1-13(2)14(19)18-11-10-16(6,7)20-12-17(8,9)21-15(3,4)5;1-4-5-6-7-8-11-10(12)9(2)3/h10-14,16H2,1-9H3,(H,23,24);13H,10-12H2,1-9H3,(H,18,19);9H,4-8H2,1-3H3,(H,11,12). The predicted molar refractivity (Wildman–Crippen MR) is 245 cm³/mol. The Morgan fingerprint density at radius 3 is 1.27 bits per heavy atom. The highest BCUT2D eigenvalue weighted by atomic mass is 16.6. The first-order valence-electron chi connectivity index (χ1n) is 22.5. The lowest BCUT2D eigenvalue weighted by atomic mass is 9.84. The maximum Gasteiger partial charge on any atom is 0.222 e. The molecule has 0 spiro atoms. The molecule has 0 saturated heterocycles. The number of amides is 3. The predicted octanol–water partition coefficient (Wildman–Crippen LogP) is 10.5. The van der Waals surface area contributed by atoms with Crippen molar-refractivity contribution < 1.29 is 33.3 Å². The van der Waals surface area contributed by atoms with Crippen molar-refractivity contribution in [2.24, 2.45) is 17.3 Å². The summed E-state index contributed by atoms with van der Waals surface area (Å²) in [5.41, 5.74) is -2.18. The smallest absolute Gasteiger partial charge is 0.222 e. The SMILES string of the molecule is CC(C)C(=O)NCCC(C)(C)OCC(C)(C)OC(C)(C)C.CCC(C)(C#N)CCC(=O)NCCC(C)(C)OCC(C)(C)OC(C)(C)C.CCCCCCNC(=O)C(C)C. The van der Waals surface area contributed by atoms with Crippen LogP contribution in [0, 0.1) is 28.6 Å². The minimum absolute atomic E-state index is 0.00730. The van der Waals surface area contributed by atoms with Crippen LogP contribution in [0.15, 0.2) is 0 Å². The molecule has 0 fully saturated rings. The molecule has 0 aromatic carbocycles. The van der Waals surface area contributed by atoms with Gasteiger partial charge in [0, 0.05) is 37.9 Å². The quantitative estimate of drug-likeness (QED) is 0.0770. The summed E-state index contributed by atoms with van der Waals surface area (Å²) >= 11 is 0. The van der Waals surface area contributed by atoms with Crippen LogP contribution >= 0.6 is 0 Å². The third-order valence-electron chi connectivity index (χ3n) is 9.19. The molecule has 0 aromatic rings. The van der Waals surface area contributed by atoms with Crippen LogP contribution in [-0.4, -0.2) is 84.2 Å². The summed E-state index contributed by atoms with van der Waals surface area (Å²) in [6, 6.07) is 2.30.